The predicted molar refractivity (Wildman–Crippen MR) is 74.1 cm³/mol. The molecule has 2 rings (SSSR count). The molecule has 6 heteroatoms. The number of sulfonamides is 1. The van der Waals surface area contributed by atoms with Crippen LogP contribution in [0.5, 0.6) is 5.75 Å². The lowest BCUT2D eigenvalue weighted by molar-refractivity contribution is 0.401. The first-order chi connectivity index (χ1) is 8.94. The van der Waals surface area contributed by atoms with Gasteiger partial charge in [0.1, 0.15) is 10.6 Å². The molecule has 2 N–H and O–H groups in total. The Labute approximate surface area is 114 Å². The fourth-order valence-corrected chi connectivity index (χ4v) is 3.68. The van der Waals surface area contributed by atoms with Crippen LogP contribution in [0.15, 0.2) is 17.0 Å². The highest BCUT2D eigenvalue weighted by atomic mass is 32.2. The number of hydrogen-bond acceptors (Lipinski definition) is 4. The quantitative estimate of drug-likeness (QED) is 0.864. The molecule has 1 heterocycles. The summed E-state index contributed by atoms with van der Waals surface area (Å²) in [7, 11) is -2.05. The summed E-state index contributed by atoms with van der Waals surface area (Å²) in [5, 5.41) is 3.14. The number of nitrogens with one attached hydrogen (secondary N) is 2. The maximum Gasteiger partial charge on any atom is 0.244 e. The third-order valence-corrected chi connectivity index (χ3v) is 4.99. The van der Waals surface area contributed by atoms with Crippen molar-refractivity contribution in [3.8, 4) is 5.75 Å². The van der Waals surface area contributed by atoms with E-state index in [1.54, 1.807) is 12.1 Å². The maximum atomic E-state index is 12.4. The topological polar surface area (TPSA) is 67.4 Å². The number of rotatable bonds is 4. The molecule has 0 bridgehead atoms. The van der Waals surface area contributed by atoms with Gasteiger partial charge in [0.15, 0.2) is 0 Å². The van der Waals surface area contributed by atoms with Gasteiger partial charge in [0.2, 0.25) is 10.0 Å². The molecule has 0 aromatic heterocycles. The monoisotopic (exact) mass is 284 g/mol. The van der Waals surface area contributed by atoms with Crippen molar-refractivity contribution < 1.29 is 13.2 Å². The van der Waals surface area contributed by atoms with Gasteiger partial charge in [-0.25, -0.2) is 13.1 Å². The molecule has 0 amide bonds. The van der Waals surface area contributed by atoms with Crippen LogP contribution in [0.25, 0.3) is 0 Å². The summed E-state index contributed by atoms with van der Waals surface area (Å²) < 4.78 is 32.7. The predicted octanol–water partition coefficient (Wildman–Crippen LogP) is 0.952. The van der Waals surface area contributed by atoms with Gasteiger partial charge < -0.3 is 10.1 Å². The van der Waals surface area contributed by atoms with Crippen molar-refractivity contribution in [2.24, 2.45) is 0 Å². The average molecular weight is 284 g/mol. The van der Waals surface area contributed by atoms with Crippen LogP contribution in [0, 0.1) is 13.8 Å². The van der Waals surface area contributed by atoms with Crippen LogP contribution in [-0.2, 0) is 10.0 Å². The smallest absolute Gasteiger partial charge is 0.244 e. The molecule has 0 saturated carbocycles. The van der Waals surface area contributed by atoms with Gasteiger partial charge in [-0.3, -0.25) is 0 Å². The Morgan fingerprint density at radius 1 is 1.32 bits per heavy atom. The molecule has 1 aromatic carbocycles. The molecule has 1 unspecified atom stereocenters. The normalized spacial score (nSPS) is 19.6. The van der Waals surface area contributed by atoms with Crippen LogP contribution in [-0.4, -0.2) is 34.7 Å². The molecule has 1 aliphatic rings. The number of aryl methyl sites for hydroxylation is 2. The summed E-state index contributed by atoms with van der Waals surface area (Å²) in [6, 6.07) is 3.38. The Balaban J connectivity index is 2.36. The average Bonchev–Trinajstić information content (AvgIpc) is 2.84. The second-order valence-electron chi connectivity index (χ2n) is 4.90. The number of ether oxygens (including phenoxy) is 1. The number of benzene rings is 1. The minimum Gasteiger partial charge on any atom is -0.495 e. The van der Waals surface area contributed by atoms with E-state index < -0.39 is 10.0 Å². The maximum absolute atomic E-state index is 12.4. The molecule has 0 spiro atoms. The molecule has 1 aromatic rings. The van der Waals surface area contributed by atoms with Crippen LogP contribution in [0.2, 0.25) is 0 Å². The highest BCUT2D eigenvalue weighted by Crippen LogP contribution is 2.27. The zero-order valence-electron chi connectivity index (χ0n) is 11.5. The highest BCUT2D eigenvalue weighted by molar-refractivity contribution is 7.89. The summed E-state index contributed by atoms with van der Waals surface area (Å²) >= 11 is 0. The zero-order valence-corrected chi connectivity index (χ0v) is 12.3. The molecule has 1 aliphatic heterocycles. The van der Waals surface area contributed by atoms with E-state index in [0.717, 1.165) is 24.1 Å². The Kier molecular flexibility index (Phi) is 4.13. The second kappa shape index (κ2) is 5.48. The van der Waals surface area contributed by atoms with E-state index in [1.165, 1.54) is 7.11 Å². The Morgan fingerprint density at radius 2 is 2.00 bits per heavy atom. The van der Waals surface area contributed by atoms with Gasteiger partial charge in [-0.05, 0) is 50.1 Å². The molecule has 19 heavy (non-hydrogen) atoms. The molecule has 0 radical (unpaired) electrons. The van der Waals surface area contributed by atoms with E-state index >= 15 is 0 Å². The first-order valence-electron chi connectivity index (χ1n) is 6.32. The van der Waals surface area contributed by atoms with Crippen molar-refractivity contribution >= 4 is 10.0 Å². The van der Waals surface area contributed by atoms with Crippen molar-refractivity contribution in [1.82, 2.24) is 10.0 Å². The number of hydrogen-bond donors (Lipinski definition) is 2. The molecule has 1 atom stereocenters. The highest BCUT2D eigenvalue weighted by Gasteiger charge is 2.25. The lowest BCUT2D eigenvalue weighted by Crippen LogP contribution is -2.36. The second-order valence-corrected chi connectivity index (χ2v) is 6.58. The van der Waals surface area contributed by atoms with Gasteiger partial charge >= 0.3 is 0 Å². The van der Waals surface area contributed by atoms with Gasteiger partial charge in [-0.2, -0.15) is 0 Å². The molecule has 106 valence electrons. The van der Waals surface area contributed by atoms with Crippen LogP contribution in [0.1, 0.15) is 17.5 Å². The summed E-state index contributed by atoms with van der Waals surface area (Å²) in [4.78, 5) is 0.213. The van der Waals surface area contributed by atoms with E-state index in [4.69, 9.17) is 4.74 Å². The molecule has 1 fully saturated rings. The minimum atomic E-state index is -3.54. The van der Waals surface area contributed by atoms with E-state index in [9.17, 15) is 8.42 Å². The van der Waals surface area contributed by atoms with Crippen LogP contribution in [0.3, 0.4) is 0 Å². The van der Waals surface area contributed by atoms with Crippen molar-refractivity contribution in [2.45, 2.75) is 31.2 Å². The van der Waals surface area contributed by atoms with E-state index in [0.29, 0.717) is 12.3 Å². The van der Waals surface area contributed by atoms with Crippen molar-refractivity contribution in [3.63, 3.8) is 0 Å². The summed E-state index contributed by atoms with van der Waals surface area (Å²) in [6.07, 6.45) is 0.812. The Morgan fingerprint density at radius 3 is 2.58 bits per heavy atom. The fraction of sp³-hybridized carbons (Fsp3) is 0.538. The fourth-order valence-electron chi connectivity index (χ4n) is 2.17. The van der Waals surface area contributed by atoms with Gasteiger partial charge in [0, 0.05) is 12.6 Å². The van der Waals surface area contributed by atoms with E-state index in [1.807, 2.05) is 13.8 Å². The summed E-state index contributed by atoms with van der Waals surface area (Å²) in [6.45, 7) is 5.34. The third-order valence-electron chi connectivity index (χ3n) is 3.45. The van der Waals surface area contributed by atoms with Crippen LogP contribution in [0.4, 0.5) is 0 Å². The lowest BCUT2D eigenvalue weighted by Gasteiger charge is -2.16. The minimum absolute atomic E-state index is 0.0451. The Hall–Kier alpha value is -1.11. The van der Waals surface area contributed by atoms with Crippen LogP contribution < -0.4 is 14.8 Å². The van der Waals surface area contributed by atoms with Crippen molar-refractivity contribution in [3.05, 3.63) is 23.3 Å². The molecular formula is C13H20N2O3S. The first kappa shape index (κ1) is 14.3. The third kappa shape index (κ3) is 3.08. The number of methoxy groups -OCH3 is 1. The van der Waals surface area contributed by atoms with Gasteiger partial charge in [-0.1, -0.05) is 0 Å². The molecular weight excluding hydrogens is 264 g/mol. The standard InChI is InChI=1S/C13H20N2O3S/c1-9-6-12(18-3)13(7-10(9)2)19(16,17)15-11-4-5-14-8-11/h6-7,11,14-15H,4-5,8H2,1-3H3. The molecule has 1 saturated heterocycles. The van der Waals surface area contributed by atoms with Crippen molar-refractivity contribution in [1.29, 1.82) is 0 Å². The largest absolute Gasteiger partial charge is 0.495 e. The van der Waals surface area contributed by atoms with Gasteiger partial charge in [-0.15, -0.1) is 0 Å². The van der Waals surface area contributed by atoms with Crippen LogP contribution >= 0.6 is 0 Å². The summed E-state index contributed by atoms with van der Waals surface area (Å²) in [5.41, 5.74) is 1.95. The SMILES string of the molecule is COc1cc(C)c(C)cc1S(=O)(=O)NC1CCNC1. The van der Waals surface area contributed by atoms with Gasteiger partial charge in [0.05, 0.1) is 7.11 Å². The zero-order chi connectivity index (χ0) is 14.0. The van der Waals surface area contributed by atoms with Gasteiger partial charge in [0.25, 0.3) is 0 Å². The molecule has 0 aliphatic carbocycles. The summed E-state index contributed by atoms with van der Waals surface area (Å²) in [5.74, 6) is 0.390. The van der Waals surface area contributed by atoms with Crippen molar-refractivity contribution in [2.75, 3.05) is 20.2 Å². The first-order valence-corrected chi connectivity index (χ1v) is 7.80. The lowest BCUT2D eigenvalue weighted by atomic mass is 10.1. The van der Waals surface area contributed by atoms with E-state index in [2.05, 4.69) is 10.0 Å². The molecule has 5 nitrogen and oxygen atoms in total. The van der Waals surface area contributed by atoms with E-state index in [-0.39, 0.29) is 10.9 Å². The Bertz CT molecular complexity index is 563.